The van der Waals surface area contributed by atoms with E-state index >= 15 is 0 Å². The number of nitrogens with zero attached hydrogens (tertiary/aromatic N) is 2. The van der Waals surface area contributed by atoms with Gasteiger partial charge in [-0.15, -0.1) is 0 Å². The summed E-state index contributed by atoms with van der Waals surface area (Å²) in [4.78, 5) is 6.67. The molecule has 1 aromatic rings. The summed E-state index contributed by atoms with van der Waals surface area (Å²) in [7, 11) is 0. The fraction of sp³-hybridized carbons (Fsp3) is 0.643. The van der Waals surface area contributed by atoms with Gasteiger partial charge in [-0.3, -0.25) is 0 Å². The molecular weight excluding hydrogens is 226 g/mol. The Morgan fingerprint density at radius 2 is 2.22 bits per heavy atom. The van der Waals surface area contributed by atoms with E-state index in [9.17, 15) is 5.11 Å². The average Bonchev–Trinajstić information content (AvgIpc) is 2.50. The molecule has 18 heavy (non-hydrogen) atoms. The van der Waals surface area contributed by atoms with Crippen LogP contribution in [0.3, 0.4) is 0 Å². The van der Waals surface area contributed by atoms with Crippen LogP contribution in [0.5, 0.6) is 0 Å². The molecule has 4 heteroatoms. The summed E-state index contributed by atoms with van der Waals surface area (Å²) in [5.74, 6) is 0.975. The zero-order chi connectivity index (χ0) is 13.2. The Labute approximate surface area is 109 Å². The SMILES string of the molecule is C[C@@H](N)c1ccnc(N2CCCC(C)(O)CC2)c1. The highest BCUT2D eigenvalue weighted by molar-refractivity contribution is 5.42. The molecule has 2 rings (SSSR count). The second kappa shape index (κ2) is 5.24. The van der Waals surface area contributed by atoms with Crippen LogP contribution in [0.4, 0.5) is 5.82 Å². The number of aromatic nitrogens is 1. The second-order valence-corrected chi connectivity index (χ2v) is 5.57. The van der Waals surface area contributed by atoms with Gasteiger partial charge in [0.05, 0.1) is 5.60 Å². The summed E-state index contributed by atoms with van der Waals surface area (Å²) in [6, 6.07) is 4.05. The van der Waals surface area contributed by atoms with Crippen molar-refractivity contribution < 1.29 is 5.11 Å². The molecule has 0 amide bonds. The molecular formula is C14H23N3O. The number of pyridine rings is 1. The molecule has 1 aliphatic heterocycles. The minimum atomic E-state index is -0.534. The Morgan fingerprint density at radius 3 is 2.94 bits per heavy atom. The lowest BCUT2D eigenvalue weighted by atomic mass is 9.98. The maximum absolute atomic E-state index is 10.1. The summed E-state index contributed by atoms with van der Waals surface area (Å²) in [5.41, 5.74) is 6.47. The average molecular weight is 249 g/mol. The smallest absolute Gasteiger partial charge is 0.128 e. The Morgan fingerprint density at radius 1 is 1.44 bits per heavy atom. The third-order valence-electron chi connectivity index (χ3n) is 3.68. The van der Waals surface area contributed by atoms with Gasteiger partial charge in [-0.2, -0.15) is 0 Å². The molecule has 0 aromatic carbocycles. The van der Waals surface area contributed by atoms with Gasteiger partial charge in [0.2, 0.25) is 0 Å². The Kier molecular flexibility index (Phi) is 3.88. The second-order valence-electron chi connectivity index (χ2n) is 5.57. The van der Waals surface area contributed by atoms with Crippen LogP contribution < -0.4 is 10.6 Å². The van der Waals surface area contributed by atoms with Crippen molar-refractivity contribution in [1.29, 1.82) is 0 Å². The zero-order valence-corrected chi connectivity index (χ0v) is 11.3. The molecule has 0 radical (unpaired) electrons. The van der Waals surface area contributed by atoms with E-state index in [2.05, 4.69) is 16.0 Å². The number of nitrogens with two attached hydrogens (primary N) is 1. The number of anilines is 1. The van der Waals surface area contributed by atoms with Crippen molar-refractivity contribution in [1.82, 2.24) is 4.98 Å². The van der Waals surface area contributed by atoms with Gasteiger partial charge in [0, 0.05) is 25.3 Å². The molecule has 2 heterocycles. The number of rotatable bonds is 2. The highest BCUT2D eigenvalue weighted by Gasteiger charge is 2.25. The molecule has 1 unspecified atom stereocenters. The first kappa shape index (κ1) is 13.3. The van der Waals surface area contributed by atoms with Crippen LogP contribution in [-0.4, -0.2) is 28.8 Å². The number of aliphatic hydroxyl groups is 1. The normalized spacial score (nSPS) is 26.8. The fourth-order valence-electron chi connectivity index (χ4n) is 2.38. The molecule has 1 saturated heterocycles. The maximum atomic E-state index is 10.1. The zero-order valence-electron chi connectivity index (χ0n) is 11.3. The molecule has 0 aliphatic carbocycles. The minimum Gasteiger partial charge on any atom is -0.390 e. The largest absolute Gasteiger partial charge is 0.390 e. The first-order chi connectivity index (χ1) is 8.48. The van der Waals surface area contributed by atoms with E-state index in [0.717, 1.165) is 43.7 Å². The van der Waals surface area contributed by atoms with E-state index in [4.69, 9.17) is 5.73 Å². The van der Waals surface area contributed by atoms with Crippen molar-refractivity contribution in [3.8, 4) is 0 Å². The van der Waals surface area contributed by atoms with E-state index in [1.807, 2.05) is 26.1 Å². The summed E-state index contributed by atoms with van der Waals surface area (Å²) in [6.07, 6.45) is 4.46. The Bertz CT molecular complexity index is 404. The molecule has 3 N–H and O–H groups in total. The lowest BCUT2D eigenvalue weighted by Crippen LogP contribution is -2.28. The predicted octanol–water partition coefficient (Wildman–Crippen LogP) is 1.84. The standard InChI is InChI=1S/C14H23N3O/c1-11(15)12-4-7-16-13(10-12)17-8-3-5-14(2,18)6-9-17/h4,7,10-11,18H,3,5-6,8-9,15H2,1-2H3/t11-,14?/m1/s1. The van der Waals surface area contributed by atoms with Gasteiger partial charge < -0.3 is 15.7 Å². The Balaban J connectivity index is 2.13. The molecule has 1 aromatic heterocycles. The Hall–Kier alpha value is -1.13. The van der Waals surface area contributed by atoms with Crippen LogP contribution in [0, 0.1) is 0 Å². The molecule has 0 bridgehead atoms. The molecule has 1 fully saturated rings. The van der Waals surface area contributed by atoms with Gasteiger partial charge in [0.15, 0.2) is 0 Å². The van der Waals surface area contributed by atoms with Crippen LogP contribution in [0.1, 0.15) is 44.7 Å². The molecule has 1 aliphatic rings. The van der Waals surface area contributed by atoms with E-state index in [0.29, 0.717) is 0 Å². The van der Waals surface area contributed by atoms with E-state index in [1.165, 1.54) is 0 Å². The molecule has 100 valence electrons. The maximum Gasteiger partial charge on any atom is 0.128 e. The first-order valence-corrected chi connectivity index (χ1v) is 6.67. The van der Waals surface area contributed by atoms with E-state index in [1.54, 1.807) is 0 Å². The number of hydrogen-bond donors (Lipinski definition) is 2. The molecule has 0 spiro atoms. The third-order valence-corrected chi connectivity index (χ3v) is 3.68. The van der Waals surface area contributed by atoms with Gasteiger partial charge >= 0.3 is 0 Å². The molecule has 4 nitrogen and oxygen atoms in total. The van der Waals surface area contributed by atoms with Crippen molar-refractivity contribution >= 4 is 5.82 Å². The van der Waals surface area contributed by atoms with Crippen LogP contribution in [0.2, 0.25) is 0 Å². The van der Waals surface area contributed by atoms with Gasteiger partial charge in [0.25, 0.3) is 0 Å². The quantitative estimate of drug-likeness (QED) is 0.839. The third kappa shape index (κ3) is 3.21. The van der Waals surface area contributed by atoms with Gasteiger partial charge in [-0.1, -0.05) is 0 Å². The van der Waals surface area contributed by atoms with Crippen LogP contribution in [-0.2, 0) is 0 Å². The highest BCUT2D eigenvalue weighted by Crippen LogP contribution is 2.25. The fourth-order valence-corrected chi connectivity index (χ4v) is 2.38. The van der Waals surface area contributed by atoms with Gasteiger partial charge in [-0.05, 0) is 50.8 Å². The lowest BCUT2D eigenvalue weighted by molar-refractivity contribution is 0.0481. The monoisotopic (exact) mass is 249 g/mol. The first-order valence-electron chi connectivity index (χ1n) is 6.67. The van der Waals surface area contributed by atoms with Crippen molar-refractivity contribution in [3.63, 3.8) is 0 Å². The highest BCUT2D eigenvalue weighted by atomic mass is 16.3. The summed E-state index contributed by atoms with van der Waals surface area (Å²) >= 11 is 0. The minimum absolute atomic E-state index is 0.0295. The van der Waals surface area contributed by atoms with Crippen molar-refractivity contribution in [3.05, 3.63) is 23.9 Å². The van der Waals surface area contributed by atoms with Crippen molar-refractivity contribution in [2.75, 3.05) is 18.0 Å². The van der Waals surface area contributed by atoms with Crippen LogP contribution in [0.15, 0.2) is 18.3 Å². The van der Waals surface area contributed by atoms with Crippen LogP contribution >= 0.6 is 0 Å². The predicted molar refractivity (Wildman–Crippen MR) is 73.5 cm³/mol. The van der Waals surface area contributed by atoms with E-state index in [-0.39, 0.29) is 6.04 Å². The van der Waals surface area contributed by atoms with Crippen LogP contribution in [0.25, 0.3) is 0 Å². The summed E-state index contributed by atoms with van der Waals surface area (Å²) in [5, 5.41) is 10.1. The summed E-state index contributed by atoms with van der Waals surface area (Å²) in [6.45, 7) is 5.70. The lowest BCUT2D eigenvalue weighted by Gasteiger charge is -2.24. The molecule has 0 saturated carbocycles. The van der Waals surface area contributed by atoms with Crippen molar-refractivity contribution in [2.24, 2.45) is 5.73 Å². The topological polar surface area (TPSA) is 62.4 Å². The van der Waals surface area contributed by atoms with Crippen molar-refractivity contribution in [2.45, 2.75) is 44.8 Å². The summed E-state index contributed by atoms with van der Waals surface area (Å²) < 4.78 is 0. The van der Waals surface area contributed by atoms with Gasteiger partial charge in [-0.25, -0.2) is 4.98 Å². The van der Waals surface area contributed by atoms with Gasteiger partial charge in [0.1, 0.15) is 5.82 Å². The van der Waals surface area contributed by atoms with E-state index < -0.39 is 5.60 Å². The molecule has 2 atom stereocenters. The number of hydrogen-bond acceptors (Lipinski definition) is 4.